The zero-order valence-electron chi connectivity index (χ0n) is 18.8. The van der Waals surface area contributed by atoms with Gasteiger partial charge >= 0.3 is 5.97 Å². The van der Waals surface area contributed by atoms with Crippen LogP contribution in [0.2, 0.25) is 0 Å². The summed E-state index contributed by atoms with van der Waals surface area (Å²) in [7, 11) is 1.61. The Morgan fingerprint density at radius 2 is 2.00 bits per heavy atom. The fourth-order valence-corrected chi connectivity index (χ4v) is 5.23. The van der Waals surface area contributed by atoms with Crippen LogP contribution in [-0.2, 0) is 9.53 Å². The molecule has 0 amide bonds. The zero-order valence-corrected chi connectivity index (χ0v) is 20.5. The molecule has 1 aromatic heterocycles. The Bertz CT molecular complexity index is 1400. The number of rotatable bonds is 6. The van der Waals surface area contributed by atoms with Crippen LogP contribution < -0.4 is 19.6 Å². The van der Waals surface area contributed by atoms with E-state index in [1.54, 1.807) is 37.3 Å². The van der Waals surface area contributed by atoms with Crippen molar-refractivity contribution in [3.05, 3.63) is 90.6 Å². The monoisotopic (exact) mass is 480 g/mol. The standard InChI is InChI=1S/C25H24N2O4S2/c1-5-31-24(29)21-15(2)26-25-27(22(21)17-9-11-19(32-4)12-10-17)23(28)20(33-25)14-16-7-6-8-18(13-16)30-3/h6-14,22H,5H2,1-4H3/b20-14-. The van der Waals surface area contributed by atoms with Gasteiger partial charge in [0.2, 0.25) is 0 Å². The number of allylic oxidation sites excluding steroid dienone is 1. The summed E-state index contributed by atoms with van der Waals surface area (Å²) < 4.78 is 12.8. The van der Waals surface area contributed by atoms with Crippen LogP contribution in [0.1, 0.15) is 31.0 Å². The van der Waals surface area contributed by atoms with Crippen LogP contribution in [0, 0.1) is 0 Å². The molecule has 0 saturated heterocycles. The third-order valence-corrected chi connectivity index (χ3v) is 7.07. The lowest BCUT2D eigenvalue weighted by atomic mass is 9.96. The average molecular weight is 481 g/mol. The van der Waals surface area contributed by atoms with Gasteiger partial charge in [-0.3, -0.25) is 9.36 Å². The summed E-state index contributed by atoms with van der Waals surface area (Å²) in [5.41, 5.74) is 2.42. The first-order valence-electron chi connectivity index (χ1n) is 10.4. The highest BCUT2D eigenvalue weighted by molar-refractivity contribution is 7.98. The molecule has 33 heavy (non-hydrogen) atoms. The summed E-state index contributed by atoms with van der Waals surface area (Å²) in [4.78, 5) is 32.8. The largest absolute Gasteiger partial charge is 0.497 e. The highest BCUT2D eigenvalue weighted by Gasteiger charge is 2.33. The molecule has 2 heterocycles. The molecule has 0 saturated carbocycles. The van der Waals surface area contributed by atoms with E-state index in [-0.39, 0.29) is 12.2 Å². The maximum Gasteiger partial charge on any atom is 0.338 e. The molecule has 0 radical (unpaired) electrons. The van der Waals surface area contributed by atoms with E-state index in [1.807, 2.05) is 60.9 Å². The second-order valence-corrected chi connectivity index (χ2v) is 9.24. The number of benzene rings is 2. The molecule has 8 heteroatoms. The van der Waals surface area contributed by atoms with Gasteiger partial charge < -0.3 is 9.47 Å². The lowest BCUT2D eigenvalue weighted by molar-refractivity contribution is -0.139. The number of carbonyl (C=O) groups excluding carboxylic acids is 1. The van der Waals surface area contributed by atoms with Crippen LogP contribution in [0.3, 0.4) is 0 Å². The maximum atomic E-state index is 13.6. The maximum absolute atomic E-state index is 13.6. The summed E-state index contributed by atoms with van der Waals surface area (Å²) in [5, 5.41) is 0. The Labute approximate surface area is 199 Å². The van der Waals surface area contributed by atoms with Crippen LogP contribution >= 0.6 is 23.1 Å². The molecular weight excluding hydrogens is 456 g/mol. The fraction of sp³-hybridized carbons (Fsp3) is 0.240. The van der Waals surface area contributed by atoms with Gasteiger partial charge in [-0.25, -0.2) is 9.79 Å². The summed E-state index contributed by atoms with van der Waals surface area (Å²) in [6.07, 6.45) is 3.83. The molecule has 0 N–H and O–H groups in total. The Kier molecular flexibility index (Phi) is 6.85. The molecular formula is C25H24N2O4S2. The molecule has 0 spiro atoms. The number of carbonyl (C=O) groups is 1. The average Bonchev–Trinajstić information content (AvgIpc) is 3.12. The lowest BCUT2D eigenvalue weighted by Crippen LogP contribution is -2.39. The van der Waals surface area contributed by atoms with Gasteiger partial charge in [-0.1, -0.05) is 35.6 Å². The molecule has 0 fully saturated rings. The van der Waals surface area contributed by atoms with E-state index in [9.17, 15) is 9.59 Å². The molecule has 2 aromatic carbocycles. The predicted molar refractivity (Wildman–Crippen MR) is 132 cm³/mol. The number of fused-ring (bicyclic) bond motifs is 1. The van der Waals surface area contributed by atoms with Crippen molar-refractivity contribution < 1.29 is 14.3 Å². The summed E-state index contributed by atoms with van der Waals surface area (Å²) in [6.45, 7) is 3.79. The summed E-state index contributed by atoms with van der Waals surface area (Å²) >= 11 is 2.94. The van der Waals surface area contributed by atoms with Gasteiger partial charge in [0, 0.05) is 4.90 Å². The minimum atomic E-state index is -0.608. The van der Waals surface area contributed by atoms with Gasteiger partial charge in [0.1, 0.15) is 5.75 Å². The SMILES string of the molecule is CCOC(=O)C1=C(C)N=c2s/c(=C\c3cccc(OC)c3)c(=O)n2C1c1ccc(SC)cc1. The summed E-state index contributed by atoms with van der Waals surface area (Å²) in [5.74, 6) is 0.253. The zero-order chi connectivity index (χ0) is 23.5. The highest BCUT2D eigenvalue weighted by Crippen LogP contribution is 2.31. The summed E-state index contributed by atoms with van der Waals surface area (Å²) in [6, 6.07) is 14.8. The molecule has 1 aliphatic heterocycles. The molecule has 170 valence electrons. The number of hydrogen-bond acceptors (Lipinski definition) is 7. The minimum Gasteiger partial charge on any atom is -0.497 e. The first-order valence-corrected chi connectivity index (χ1v) is 12.5. The van der Waals surface area contributed by atoms with Crippen LogP contribution in [0.4, 0.5) is 0 Å². The number of nitrogens with zero attached hydrogens (tertiary/aromatic N) is 2. The minimum absolute atomic E-state index is 0.199. The Morgan fingerprint density at radius 1 is 1.24 bits per heavy atom. The Morgan fingerprint density at radius 3 is 2.67 bits per heavy atom. The molecule has 1 atom stereocenters. The van der Waals surface area contributed by atoms with Crippen molar-refractivity contribution in [2.75, 3.05) is 20.0 Å². The van der Waals surface area contributed by atoms with E-state index in [1.165, 1.54) is 11.3 Å². The second-order valence-electron chi connectivity index (χ2n) is 7.35. The van der Waals surface area contributed by atoms with Gasteiger partial charge in [0.15, 0.2) is 4.80 Å². The van der Waals surface area contributed by atoms with Crippen molar-refractivity contribution >= 4 is 35.1 Å². The quantitative estimate of drug-likeness (QED) is 0.399. The molecule has 0 aliphatic carbocycles. The van der Waals surface area contributed by atoms with Crippen molar-refractivity contribution in [3.63, 3.8) is 0 Å². The molecule has 0 bridgehead atoms. The van der Waals surface area contributed by atoms with Crippen LogP contribution in [0.25, 0.3) is 6.08 Å². The topological polar surface area (TPSA) is 69.9 Å². The molecule has 6 nitrogen and oxygen atoms in total. The van der Waals surface area contributed by atoms with Crippen molar-refractivity contribution in [3.8, 4) is 5.75 Å². The van der Waals surface area contributed by atoms with Gasteiger partial charge in [0.05, 0.1) is 35.6 Å². The highest BCUT2D eigenvalue weighted by atomic mass is 32.2. The molecule has 3 aromatic rings. The number of hydrogen-bond donors (Lipinski definition) is 0. The van der Waals surface area contributed by atoms with Gasteiger partial charge in [-0.2, -0.15) is 0 Å². The number of methoxy groups -OCH3 is 1. The Hall–Kier alpha value is -3.10. The lowest BCUT2D eigenvalue weighted by Gasteiger charge is -2.24. The van der Waals surface area contributed by atoms with E-state index < -0.39 is 12.0 Å². The van der Waals surface area contributed by atoms with E-state index >= 15 is 0 Å². The third-order valence-electron chi connectivity index (χ3n) is 5.34. The van der Waals surface area contributed by atoms with Crippen LogP contribution in [0.5, 0.6) is 5.75 Å². The van der Waals surface area contributed by atoms with Gasteiger partial charge in [0.25, 0.3) is 5.56 Å². The van der Waals surface area contributed by atoms with Gasteiger partial charge in [-0.05, 0) is 61.6 Å². The van der Waals surface area contributed by atoms with E-state index in [4.69, 9.17) is 9.47 Å². The Balaban J connectivity index is 1.93. The molecule has 1 unspecified atom stereocenters. The number of aromatic nitrogens is 1. The molecule has 1 aliphatic rings. The normalized spacial score (nSPS) is 15.8. The number of esters is 1. The van der Waals surface area contributed by atoms with Gasteiger partial charge in [-0.15, -0.1) is 11.8 Å². The van der Waals surface area contributed by atoms with Crippen molar-refractivity contribution in [2.45, 2.75) is 24.8 Å². The number of thiazole rings is 1. The van der Waals surface area contributed by atoms with Crippen molar-refractivity contribution in [2.24, 2.45) is 4.99 Å². The first kappa shape index (κ1) is 23.1. The smallest absolute Gasteiger partial charge is 0.338 e. The van der Waals surface area contributed by atoms with Crippen LogP contribution in [-0.4, -0.2) is 30.5 Å². The number of thioether (sulfide) groups is 1. The number of ether oxygens (including phenoxy) is 2. The van der Waals surface area contributed by atoms with E-state index in [0.29, 0.717) is 26.4 Å². The molecule has 4 rings (SSSR count). The second kappa shape index (κ2) is 9.80. The van der Waals surface area contributed by atoms with Crippen LogP contribution in [0.15, 0.2) is 74.5 Å². The van der Waals surface area contributed by atoms with E-state index in [2.05, 4.69) is 4.99 Å². The van der Waals surface area contributed by atoms with E-state index in [0.717, 1.165) is 16.0 Å². The predicted octanol–water partition coefficient (Wildman–Crippen LogP) is 3.53. The van der Waals surface area contributed by atoms with Crippen molar-refractivity contribution in [1.82, 2.24) is 4.57 Å². The fourth-order valence-electron chi connectivity index (χ4n) is 3.78. The first-order chi connectivity index (χ1) is 16.0. The van der Waals surface area contributed by atoms with Crippen molar-refractivity contribution in [1.29, 1.82) is 0 Å². The third kappa shape index (κ3) is 4.54.